The third kappa shape index (κ3) is 3.80. The Balaban J connectivity index is 1.34. The third-order valence-corrected chi connectivity index (χ3v) is 7.21. The number of alkyl halides is 2. The van der Waals surface area contributed by atoms with Crippen LogP contribution in [0.4, 0.5) is 20.4 Å². The van der Waals surface area contributed by atoms with Gasteiger partial charge in [-0.2, -0.15) is 9.61 Å². The first-order valence-corrected chi connectivity index (χ1v) is 12.2. The minimum atomic E-state index is -2.62. The minimum Gasteiger partial charge on any atom is -0.494 e. The Hall–Kier alpha value is -3.54. The molecule has 2 fully saturated rings. The molecule has 2 saturated heterocycles. The average molecular weight is 499 g/mol. The third-order valence-electron chi connectivity index (χ3n) is 7.21. The smallest absolute Gasteiger partial charge is 0.282 e. The van der Waals surface area contributed by atoms with Crippen molar-refractivity contribution in [3.05, 3.63) is 35.9 Å². The first-order chi connectivity index (χ1) is 17.5. The SMILES string of the molecule is COc1cccc2c1nc(N)n1nc([C@@H]3CCCN(c4cnn(C5CCOCC5)c4C(F)F)C3)nc21. The van der Waals surface area contributed by atoms with E-state index in [4.69, 9.17) is 20.2 Å². The number of aromatic nitrogens is 6. The van der Waals surface area contributed by atoms with Gasteiger partial charge in [-0.05, 0) is 37.8 Å². The molecular formula is C24H28F2N8O2. The molecule has 190 valence electrons. The van der Waals surface area contributed by atoms with Crippen LogP contribution in [0, 0.1) is 0 Å². The molecule has 4 aromatic rings. The van der Waals surface area contributed by atoms with Crippen LogP contribution in [0.15, 0.2) is 24.4 Å². The number of benzene rings is 1. The molecular weight excluding hydrogens is 470 g/mol. The molecule has 0 amide bonds. The normalized spacial score (nSPS) is 19.6. The zero-order valence-corrected chi connectivity index (χ0v) is 20.0. The molecule has 2 N–H and O–H groups in total. The molecule has 1 atom stereocenters. The topological polar surface area (TPSA) is 109 Å². The fraction of sp³-hybridized carbons (Fsp3) is 0.500. The van der Waals surface area contributed by atoms with E-state index in [9.17, 15) is 8.78 Å². The minimum absolute atomic E-state index is 0.0166. The number of nitrogens with two attached hydrogens (primary N) is 1. The molecule has 6 rings (SSSR count). The maximum Gasteiger partial charge on any atom is 0.282 e. The number of nitrogens with zero attached hydrogens (tertiary/aromatic N) is 7. The summed E-state index contributed by atoms with van der Waals surface area (Å²) in [5.74, 6) is 1.40. The van der Waals surface area contributed by atoms with Gasteiger partial charge in [-0.25, -0.2) is 18.7 Å². The van der Waals surface area contributed by atoms with Crippen molar-refractivity contribution in [1.82, 2.24) is 29.4 Å². The van der Waals surface area contributed by atoms with E-state index in [1.54, 1.807) is 17.8 Å². The van der Waals surface area contributed by atoms with Crippen LogP contribution >= 0.6 is 0 Å². The molecule has 2 aliphatic heterocycles. The number of fused-ring (bicyclic) bond motifs is 3. The lowest BCUT2D eigenvalue weighted by Crippen LogP contribution is -2.35. The van der Waals surface area contributed by atoms with E-state index >= 15 is 0 Å². The summed E-state index contributed by atoms with van der Waals surface area (Å²) in [6, 6.07) is 5.53. The van der Waals surface area contributed by atoms with Crippen LogP contribution in [0.3, 0.4) is 0 Å². The van der Waals surface area contributed by atoms with Gasteiger partial charge in [0.25, 0.3) is 6.43 Å². The Bertz CT molecular complexity index is 1400. The van der Waals surface area contributed by atoms with Crippen molar-refractivity contribution in [3.8, 4) is 5.75 Å². The molecule has 0 unspecified atom stereocenters. The van der Waals surface area contributed by atoms with E-state index in [0.717, 1.165) is 18.2 Å². The van der Waals surface area contributed by atoms with E-state index in [-0.39, 0.29) is 23.6 Å². The molecule has 0 radical (unpaired) electrons. The van der Waals surface area contributed by atoms with Crippen LogP contribution in [-0.2, 0) is 4.74 Å². The fourth-order valence-corrected chi connectivity index (χ4v) is 5.43. The van der Waals surface area contributed by atoms with Crippen LogP contribution in [0.2, 0.25) is 0 Å². The number of para-hydroxylation sites is 1. The summed E-state index contributed by atoms with van der Waals surface area (Å²) in [5.41, 5.74) is 7.91. The summed E-state index contributed by atoms with van der Waals surface area (Å²) in [6.07, 6.45) is 2.00. The number of hydrogen-bond donors (Lipinski definition) is 1. The first kappa shape index (κ1) is 22.9. The summed E-state index contributed by atoms with van der Waals surface area (Å²) in [6.45, 7) is 2.32. The van der Waals surface area contributed by atoms with E-state index in [1.165, 1.54) is 4.68 Å². The van der Waals surface area contributed by atoms with Gasteiger partial charge >= 0.3 is 0 Å². The zero-order chi connectivity index (χ0) is 24.8. The van der Waals surface area contributed by atoms with Gasteiger partial charge in [0.15, 0.2) is 11.5 Å². The number of halogens is 2. The second-order valence-electron chi connectivity index (χ2n) is 9.32. The largest absolute Gasteiger partial charge is 0.494 e. The molecule has 10 nitrogen and oxygen atoms in total. The van der Waals surface area contributed by atoms with Crippen molar-refractivity contribution in [2.75, 3.05) is 44.0 Å². The first-order valence-electron chi connectivity index (χ1n) is 12.2. The Labute approximate surface area is 206 Å². The molecule has 1 aromatic carbocycles. The van der Waals surface area contributed by atoms with Gasteiger partial charge in [-0.3, -0.25) is 4.68 Å². The van der Waals surface area contributed by atoms with Crippen LogP contribution in [0.5, 0.6) is 5.75 Å². The number of piperidine rings is 1. The van der Waals surface area contributed by atoms with Crippen LogP contribution in [-0.4, -0.2) is 62.8 Å². The summed E-state index contributed by atoms with van der Waals surface area (Å²) < 4.78 is 42.4. The van der Waals surface area contributed by atoms with Gasteiger partial charge in [-0.1, -0.05) is 6.07 Å². The Kier molecular flexibility index (Phi) is 5.82. The predicted molar refractivity (Wildman–Crippen MR) is 130 cm³/mol. The predicted octanol–water partition coefficient (Wildman–Crippen LogP) is 3.74. The van der Waals surface area contributed by atoms with Gasteiger partial charge in [-0.15, -0.1) is 5.10 Å². The van der Waals surface area contributed by atoms with Crippen molar-refractivity contribution >= 4 is 28.2 Å². The highest BCUT2D eigenvalue weighted by molar-refractivity contribution is 5.95. The zero-order valence-electron chi connectivity index (χ0n) is 20.0. The molecule has 3 aromatic heterocycles. The highest BCUT2D eigenvalue weighted by atomic mass is 19.3. The summed E-state index contributed by atoms with van der Waals surface area (Å²) >= 11 is 0. The van der Waals surface area contributed by atoms with Crippen molar-refractivity contribution in [3.63, 3.8) is 0 Å². The molecule has 12 heteroatoms. The lowest BCUT2D eigenvalue weighted by Gasteiger charge is -2.33. The highest BCUT2D eigenvalue weighted by Crippen LogP contribution is 2.38. The summed E-state index contributed by atoms with van der Waals surface area (Å²) in [5, 5.41) is 9.86. The van der Waals surface area contributed by atoms with E-state index < -0.39 is 6.43 Å². The van der Waals surface area contributed by atoms with Crippen LogP contribution in [0.1, 0.15) is 55.6 Å². The van der Waals surface area contributed by atoms with Crippen molar-refractivity contribution in [2.24, 2.45) is 0 Å². The number of anilines is 2. The standard InChI is InChI=1S/C24H28F2N8O2/c1-35-18-6-2-5-16-19(18)29-24(27)34-23(16)30-22(31-34)14-4-3-9-32(13-14)17-12-28-33(20(17)21(25)26)15-7-10-36-11-8-15/h2,5-6,12,14-15,21H,3-4,7-11,13H2,1H3,(H2,27,29)/t14-/m1/s1. The molecule has 2 aliphatic rings. The van der Waals surface area contributed by atoms with Gasteiger partial charge < -0.3 is 20.1 Å². The Morgan fingerprint density at radius 1 is 1.17 bits per heavy atom. The highest BCUT2D eigenvalue weighted by Gasteiger charge is 2.32. The monoisotopic (exact) mass is 498 g/mol. The van der Waals surface area contributed by atoms with Crippen molar-refractivity contribution < 1.29 is 18.3 Å². The van der Waals surface area contributed by atoms with E-state index in [0.29, 0.717) is 67.6 Å². The molecule has 0 spiro atoms. The lowest BCUT2D eigenvalue weighted by atomic mass is 9.97. The maximum atomic E-state index is 14.3. The average Bonchev–Trinajstić information content (AvgIpc) is 3.55. The van der Waals surface area contributed by atoms with Gasteiger partial charge in [0.1, 0.15) is 17.0 Å². The van der Waals surface area contributed by atoms with Gasteiger partial charge in [0, 0.05) is 37.6 Å². The Morgan fingerprint density at radius 2 is 2.00 bits per heavy atom. The van der Waals surface area contributed by atoms with Gasteiger partial charge in [0.2, 0.25) is 5.95 Å². The lowest BCUT2D eigenvalue weighted by molar-refractivity contribution is 0.0595. The quantitative estimate of drug-likeness (QED) is 0.443. The molecule has 0 saturated carbocycles. The maximum absolute atomic E-state index is 14.3. The Morgan fingerprint density at radius 3 is 2.78 bits per heavy atom. The summed E-state index contributed by atoms with van der Waals surface area (Å²) in [4.78, 5) is 11.3. The number of methoxy groups -OCH3 is 1. The summed E-state index contributed by atoms with van der Waals surface area (Å²) in [7, 11) is 1.58. The number of rotatable bonds is 5. The second kappa shape index (κ2) is 9.16. The van der Waals surface area contributed by atoms with Gasteiger partial charge in [0.05, 0.1) is 25.0 Å². The van der Waals surface area contributed by atoms with E-state index in [1.807, 2.05) is 23.1 Å². The number of hydrogen-bond acceptors (Lipinski definition) is 8. The van der Waals surface area contributed by atoms with Crippen LogP contribution in [0.25, 0.3) is 16.6 Å². The van der Waals surface area contributed by atoms with Crippen molar-refractivity contribution in [1.29, 1.82) is 0 Å². The molecule has 5 heterocycles. The molecule has 0 aliphatic carbocycles. The second-order valence-corrected chi connectivity index (χ2v) is 9.32. The number of nitrogen functional groups attached to an aromatic ring is 1. The molecule has 0 bridgehead atoms. The molecule has 36 heavy (non-hydrogen) atoms. The van der Waals surface area contributed by atoms with Crippen molar-refractivity contribution in [2.45, 2.75) is 44.1 Å². The fourth-order valence-electron chi connectivity index (χ4n) is 5.43. The van der Waals surface area contributed by atoms with Crippen LogP contribution < -0.4 is 15.4 Å². The van der Waals surface area contributed by atoms with E-state index in [2.05, 4.69) is 15.2 Å². The number of ether oxygens (including phenoxy) is 2.